The first-order valence-corrected chi connectivity index (χ1v) is 7.93. The van der Waals surface area contributed by atoms with Gasteiger partial charge in [0.15, 0.2) is 17.3 Å². The van der Waals surface area contributed by atoms with Gasteiger partial charge in [0.25, 0.3) is 0 Å². The molecule has 1 aliphatic carbocycles. The van der Waals surface area contributed by atoms with E-state index in [-0.39, 0.29) is 0 Å². The Morgan fingerprint density at radius 2 is 1.82 bits per heavy atom. The number of hydrogen-bond acceptors (Lipinski definition) is 4. The minimum absolute atomic E-state index is 0.499. The summed E-state index contributed by atoms with van der Waals surface area (Å²) < 4.78 is 0. The molecule has 0 amide bonds. The van der Waals surface area contributed by atoms with Crippen LogP contribution >= 0.6 is 0 Å². The van der Waals surface area contributed by atoms with Gasteiger partial charge >= 0.3 is 0 Å². The monoisotopic (exact) mass is 293 g/mol. The van der Waals surface area contributed by atoms with Crippen LogP contribution in [0.3, 0.4) is 0 Å². The highest BCUT2D eigenvalue weighted by atomic mass is 15.1. The van der Waals surface area contributed by atoms with Gasteiger partial charge in [0.05, 0.1) is 6.33 Å². The van der Waals surface area contributed by atoms with Crippen molar-refractivity contribution in [3.63, 3.8) is 0 Å². The van der Waals surface area contributed by atoms with Gasteiger partial charge in [0.2, 0.25) is 0 Å². The van der Waals surface area contributed by atoms with Crippen LogP contribution in [0.25, 0.3) is 22.6 Å². The van der Waals surface area contributed by atoms with Crippen molar-refractivity contribution in [2.24, 2.45) is 0 Å². The molecule has 1 aromatic carbocycles. The second kappa shape index (κ2) is 5.75. The maximum atomic E-state index is 4.74. The molecular weight excluding hydrogens is 274 g/mol. The number of aromatic nitrogens is 4. The molecule has 2 heterocycles. The predicted molar refractivity (Wildman–Crippen MR) is 87.6 cm³/mol. The van der Waals surface area contributed by atoms with Crippen molar-refractivity contribution in [1.29, 1.82) is 0 Å². The molecule has 1 aliphatic rings. The summed E-state index contributed by atoms with van der Waals surface area (Å²) in [5.74, 6) is 1.59. The number of fused-ring (bicyclic) bond motifs is 1. The zero-order valence-corrected chi connectivity index (χ0v) is 12.4. The van der Waals surface area contributed by atoms with Crippen LogP contribution in [0.4, 0.5) is 5.82 Å². The van der Waals surface area contributed by atoms with E-state index >= 15 is 0 Å². The van der Waals surface area contributed by atoms with E-state index in [9.17, 15) is 0 Å². The summed E-state index contributed by atoms with van der Waals surface area (Å²) in [5.41, 5.74) is 2.62. The summed E-state index contributed by atoms with van der Waals surface area (Å²) in [6.45, 7) is 0. The van der Waals surface area contributed by atoms with E-state index in [1.54, 1.807) is 6.33 Å². The van der Waals surface area contributed by atoms with Gasteiger partial charge in [0.1, 0.15) is 5.52 Å². The summed E-state index contributed by atoms with van der Waals surface area (Å²) in [4.78, 5) is 16.8. The van der Waals surface area contributed by atoms with Gasteiger partial charge in [-0.05, 0) is 12.8 Å². The molecule has 0 unspecified atom stereocenters. The summed E-state index contributed by atoms with van der Waals surface area (Å²) in [5, 5.41) is 3.60. The number of rotatable bonds is 3. The normalized spacial score (nSPS) is 16.0. The van der Waals surface area contributed by atoms with Crippen molar-refractivity contribution in [3.8, 4) is 11.4 Å². The van der Waals surface area contributed by atoms with Crippen LogP contribution in [0.2, 0.25) is 0 Å². The first-order valence-electron chi connectivity index (χ1n) is 7.93. The highest BCUT2D eigenvalue weighted by Gasteiger charge is 2.17. The van der Waals surface area contributed by atoms with E-state index in [0.29, 0.717) is 11.7 Å². The highest BCUT2D eigenvalue weighted by Crippen LogP contribution is 2.26. The van der Waals surface area contributed by atoms with Gasteiger partial charge in [-0.3, -0.25) is 0 Å². The standard InChI is InChI=1S/C17H19N5/c1-3-7-12(8-4-1)15-21-16-14(18-11-19-16)17(22-15)20-13-9-5-2-6-10-13/h1,3-4,7-8,11,13H,2,5-6,9-10H2,(H2,18,19,20,21,22). The Morgan fingerprint density at radius 1 is 1.00 bits per heavy atom. The van der Waals surface area contributed by atoms with Gasteiger partial charge in [-0.25, -0.2) is 15.0 Å². The van der Waals surface area contributed by atoms with Gasteiger partial charge in [-0.1, -0.05) is 49.6 Å². The fourth-order valence-electron chi connectivity index (χ4n) is 3.09. The molecule has 1 saturated carbocycles. The average Bonchev–Trinajstić information content (AvgIpc) is 3.05. The predicted octanol–water partition coefficient (Wildman–Crippen LogP) is 3.76. The number of benzene rings is 1. The first-order chi connectivity index (χ1) is 10.9. The molecule has 0 saturated heterocycles. The maximum Gasteiger partial charge on any atom is 0.183 e. The first kappa shape index (κ1) is 13.2. The topological polar surface area (TPSA) is 66.5 Å². The Hall–Kier alpha value is -2.43. The van der Waals surface area contributed by atoms with E-state index < -0.39 is 0 Å². The molecule has 0 radical (unpaired) electrons. The van der Waals surface area contributed by atoms with Crippen LogP contribution in [0.5, 0.6) is 0 Å². The highest BCUT2D eigenvalue weighted by molar-refractivity contribution is 5.84. The van der Waals surface area contributed by atoms with Crippen LogP contribution < -0.4 is 5.32 Å². The second-order valence-corrected chi connectivity index (χ2v) is 5.84. The molecule has 3 aromatic rings. The molecule has 22 heavy (non-hydrogen) atoms. The largest absolute Gasteiger partial charge is 0.365 e. The SMILES string of the molecule is c1ccc(-c2nc(NC3CCCCC3)c3[nH]cnc3n2)cc1. The summed E-state index contributed by atoms with van der Waals surface area (Å²) in [6.07, 6.45) is 8.03. The number of nitrogens with one attached hydrogen (secondary N) is 2. The molecule has 0 aliphatic heterocycles. The van der Waals surface area contributed by atoms with E-state index in [2.05, 4.69) is 20.3 Å². The zero-order chi connectivity index (χ0) is 14.8. The molecule has 0 bridgehead atoms. The molecule has 1 fully saturated rings. The Bertz CT molecular complexity index is 759. The molecule has 5 nitrogen and oxygen atoms in total. The second-order valence-electron chi connectivity index (χ2n) is 5.84. The third-order valence-corrected chi connectivity index (χ3v) is 4.26. The van der Waals surface area contributed by atoms with E-state index in [4.69, 9.17) is 4.98 Å². The van der Waals surface area contributed by atoms with Crippen LogP contribution in [0.1, 0.15) is 32.1 Å². The molecule has 5 heteroatoms. The number of nitrogens with zero attached hydrogens (tertiary/aromatic N) is 3. The van der Waals surface area contributed by atoms with Crippen LogP contribution in [0.15, 0.2) is 36.7 Å². The van der Waals surface area contributed by atoms with Crippen molar-refractivity contribution < 1.29 is 0 Å². The summed E-state index contributed by atoms with van der Waals surface area (Å²) in [7, 11) is 0. The summed E-state index contributed by atoms with van der Waals surface area (Å²) >= 11 is 0. The Morgan fingerprint density at radius 3 is 2.64 bits per heavy atom. The quantitative estimate of drug-likeness (QED) is 0.771. The Labute approximate surface area is 129 Å². The van der Waals surface area contributed by atoms with Gasteiger partial charge in [-0.15, -0.1) is 0 Å². The van der Waals surface area contributed by atoms with Crippen molar-refractivity contribution in [3.05, 3.63) is 36.7 Å². The maximum absolute atomic E-state index is 4.74. The van der Waals surface area contributed by atoms with Crippen LogP contribution in [-0.4, -0.2) is 26.0 Å². The third kappa shape index (κ3) is 2.54. The lowest BCUT2D eigenvalue weighted by Gasteiger charge is -2.23. The third-order valence-electron chi connectivity index (χ3n) is 4.26. The fraction of sp³-hybridized carbons (Fsp3) is 0.353. The molecular formula is C17H19N5. The average molecular weight is 293 g/mol. The Balaban J connectivity index is 1.74. The van der Waals surface area contributed by atoms with Crippen molar-refractivity contribution in [2.75, 3.05) is 5.32 Å². The van der Waals surface area contributed by atoms with Crippen molar-refractivity contribution >= 4 is 17.0 Å². The number of anilines is 1. The van der Waals surface area contributed by atoms with Gasteiger partial charge < -0.3 is 10.3 Å². The minimum Gasteiger partial charge on any atom is -0.365 e. The smallest absolute Gasteiger partial charge is 0.183 e. The van der Waals surface area contributed by atoms with Gasteiger partial charge in [-0.2, -0.15) is 0 Å². The number of H-pyrrole nitrogens is 1. The number of imidazole rings is 1. The molecule has 4 rings (SSSR count). The van der Waals surface area contributed by atoms with E-state index in [1.807, 2.05) is 30.3 Å². The lowest BCUT2D eigenvalue weighted by Crippen LogP contribution is -2.23. The van der Waals surface area contributed by atoms with E-state index in [1.165, 1.54) is 32.1 Å². The van der Waals surface area contributed by atoms with Crippen LogP contribution in [-0.2, 0) is 0 Å². The lowest BCUT2D eigenvalue weighted by atomic mass is 9.95. The molecule has 2 N–H and O–H groups in total. The van der Waals surface area contributed by atoms with Crippen LogP contribution in [0, 0.1) is 0 Å². The molecule has 0 atom stereocenters. The van der Waals surface area contributed by atoms with Crippen molar-refractivity contribution in [2.45, 2.75) is 38.1 Å². The molecule has 0 spiro atoms. The lowest BCUT2D eigenvalue weighted by molar-refractivity contribution is 0.462. The summed E-state index contributed by atoms with van der Waals surface area (Å²) in [6, 6.07) is 10.6. The molecule has 2 aromatic heterocycles. The fourth-order valence-corrected chi connectivity index (χ4v) is 3.09. The number of hydrogen-bond donors (Lipinski definition) is 2. The van der Waals surface area contributed by atoms with Gasteiger partial charge in [0, 0.05) is 11.6 Å². The Kier molecular flexibility index (Phi) is 3.46. The zero-order valence-electron chi connectivity index (χ0n) is 12.4. The van der Waals surface area contributed by atoms with E-state index in [0.717, 1.165) is 22.7 Å². The number of aromatic amines is 1. The molecule has 112 valence electrons. The minimum atomic E-state index is 0.499. The van der Waals surface area contributed by atoms with Crippen molar-refractivity contribution in [1.82, 2.24) is 19.9 Å².